The monoisotopic (exact) mass is 357 g/mol. The summed E-state index contributed by atoms with van der Waals surface area (Å²) in [5.74, 6) is 0.171. The molecule has 0 radical (unpaired) electrons. The van der Waals surface area contributed by atoms with Crippen molar-refractivity contribution in [3.8, 4) is 0 Å². The number of hydrogen-bond donors (Lipinski definition) is 1. The first-order valence-corrected chi connectivity index (χ1v) is 9.75. The van der Waals surface area contributed by atoms with E-state index < -0.39 is 0 Å². The van der Waals surface area contributed by atoms with Crippen molar-refractivity contribution in [3.63, 3.8) is 0 Å². The van der Waals surface area contributed by atoms with E-state index in [1.165, 1.54) is 10.9 Å². The van der Waals surface area contributed by atoms with Gasteiger partial charge >= 0.3 is 0 Å². The van der Waals surface area contributed by atoms with Crippen LogP contribution in [0.15, 0.2) is 54.1 Å². The second-order valence-electron chi connectivity index (χ2n) is 7.54. The van der Waals surface area contributed by atoms with Crippen LogP contribution in [-0.2, 0) is 11.2 Å². The fourth-order valence-electron chi connectivity index (χ4n) is 4.53. The van der Waals surface area contributed by atoms with Crippen molar-refractivity contribution in [2.75, 3.05) is 6.54 Å². The second kappa shape index (κ2) is 6.38. The van der Waals surface area contributed by atoms with E-state index in [2.05, 4.69) is 35.3 Å². The number of benzene rings is 1. The van der Waals surface area contributed by atoms with Gasteiger partial charge in [-0.3, -0.25) is 9.78 Å². The Morgan fingerprint density at radius 1 is 1.15 bits per heavy atom. The minimum Gasteiger partial charge on any atom is -0.356 e. The summed E-state index contributed by atoms with van der Waals surface area (Å²) in [6, 6.07) is 14.3. The van der Waals surface area contributed by atoms with Gasteiger partial charge in [0, 0.05) is 34.4 Å². The zero-order chi connectivity index (χ0) is 18.4. The summed E-state index contributed by atoms with van der Waals surface area (Å²) in [6.07, 6.45) is 5.98. The number of hydrogen-bond acceptors (Lipinski definition) is 2. The topological polar surface area (TPSA) is 49.0 Å². The molecule has 3 aromatic rings. The van der Waals surface area contributed by atoms with Crippen LogP contribution >= 0.6 is 0 Å². The van der Waals surface area contributed by atoms with Crippen molar-refractivity contribution in [2.45, 2.75) is 38.6 Å². The Morgan fingerprint density at radius 3 is 2.85 bits per heavy atom. The maximum absolute atomic E-state index is 13.3. The molecule has 5 rings (SSSR count). The first-order chi connectivity index (χ1) is 13.2. The molecule has 0 unspecified atom stereocenters. The number of rotatable bonds is 2. The predicted molar refractivity (Wildman–Crippen MR) is 106 cm³/mol. The molecule has 0 spiro atoms. The largest absolute Gasteiger partial charge is 0.356 e. The highest BCUT2D eigenvalue weighted by molar-refractivity contribution is 5.95. The molecule has 0 saturated carbocycles. The molecule has 136 valence electrons. The molecule has 1 aromatic carbocycles. The number of nitrogens with zero attached hydrogens (tertiary/aromatic N) is 2. The van der Waals surface area contributed by atoms with Gasteiger partial charge in [-0.05, 0) is 56.4 Å². The lowest BCUT2D eigenvalue weighted by Gasteiger charge is -2.36. The number of fused-ring (bicyclic) bond motifs is 3. The lowest BCUT2D eigenvalue weighted by atomic mass is 9.94. The minimum atomic E-state index is -0.157. The summed E-state index contributed by atoms with van der Waals surface area (Å²) in [7, 11) is 0. The summed E-state index contributed by atoms with van der Waals surface area (Å²) in [5, 5.41) is 1.26. The number of aryl methyl sites for hydroxylation is 1. The number of nitrogens with one attached hydrogen (secondary N) is 1. The molecule has 1 aliphatic carbocycles. The Bertz CT molecular complexity index is 1060. The quantitative estimate of drug-likeness (QED) is 0.736. The van der Waals surface area contributed by atoms with Crippen LogP contribution in [0.3, 0.4) is 0 Å². The lowest BCUT2D eigenvalue weighted by molar-refractivity contribution is -0.129. The molecular weight excluding hydrogens is 334 g/mol. The number of pyridine rings is 1. The number of H-pyrrole nitrogens is 1. The van der Waals surface area contributed by atoms with Crippen molar-refractivity contribution in [1.82, 2.24) is 14.9 Å². The van der Waals surface area contributed by atoms with E-state index in [0.717, 1.165) is 60.4 Å². The van der Waals surface area contributed by atoms with Crippen molar-refractivity contribution in [2.24, 2.45) is 0 Å². The summed E-state index contributed by atoms with van der Waals surface area (Å²) >= 11 is 0. The van der Waals surface area contributed by atoms with E-state index in [0.29, 0.717) is 0 Å². The van der Waals surface area contributed by atoms with Gasteiger partial charge in [-0.2, -0.15) is 0 Å². The molecule has 2 aromatic heterocycles. The molecule has 1 aliphatic heterocycles. The van der Waals surface area contributed by atoms with Gasteiger partial charge in [0.15, 0.2) is 0 Å². The standard InChI is InChI=1S/C23H23N3O/c1-15-7-6-12-20(24-15)22-21-18(17-10-4-5-11-19(17)25-21)13-14-26(22)23(27)16-8-2-3-9-16/h4-8,10-12,22,25H,2-3,9,13-14H2,1H3/t22-/m0/s1. The molecule has 4 heteroatoms. The molecule has 1 N–H and O–H groups in total. The predicted octanol–water partition coefficient (Wildman–Crippen LogP) is 4.46. The molecule has 1 atom stereocenters. The first kappa shape index (κ1) is 16.3. The number of allylic oxidation sites excluding steroid dienone is 1. The SMILES string of the molecule is Cc1cccc([C@H]2c3[nH]c4ccccc4c3CCN2C(=O)C2=CCCC2)n1. The van der Waals surface area contributed by atoms with Gasteiger partial charge in [0.05, 0.1) is 5.69 Å². The molecule has 4 nitrogen and oxygen atoms in total. The Hall–Kier alpha value is -2.88. The minimum absolute atomic E-state index is 0.157. The van der Waals surface area contributed by atoms with Gasteiger partial charge in [0.1, 0.15) is 6.04 Å². The summed E-state index contributed by atoms with van der Waals surface area (Å²) in [6.45, 7) is 2.73. The van der Waals surface area contributed by atoms with Crippen LogP contribution in [0.4, 0.5) is 0 Å². The maximum Gasteiger partial charge on any atom is 0.250 e. The number of aromatic nitrogens is 2. The van der Waals surface area contributed by atoms with Crippen LogP contribution in [0.2, 0.25) is 0 Å². The number of carbonyl (C=O) groups is 1. The van der Waals surface area contributed by atoms with Crippen molar-refractivity contribution in [3.05, 3.63) is 76.8 Å². The van der Waals surface area contributed by atoms with Crippen LogP contribution in [0.25, 0.3) is 10.9 Å². The first-order valence-electron chi connectivity index (χ1n) is 9.75. The van der Waals surface area contributed by atoms with Gasteiger partial charge in [-0.15, -0.1) is 0 Å². The number of amides is 1. The number of carbonyl (C=O) groups excluding carboxylic acids is 1. The van der Waals surface area contributed by atoms with E-state index >= 15 is 0 Å². The van der Waals surface area contributed by atoms with Gasteiger partial charge in [0.25, 0.3) is 0 Å². The number of para-hydroxylation sites is 1. The third-order valence-electron chi connectivity index (χ3n) is 5.80. The highest BCUT2D eigenvalue weighted by Crippen LogP contribution is 2.39. The molecule has 0 fully saturated rings. The maximum atomic E-state index is 13.3. The van der Waals surface area contributed by atoms with Crippen LogP contribution in [0, 0.1) is 6.92 Å². The summed E-state index contributed by atoms with van der Waals surface area (Å²) in [5.41, 5.74) is 6.45. The van der Waals surface area contributed by atoms with Gasteiger partial charge < -0.3 is 9.88 Å². The Kier molecular flexibility index (Phi) is 3.85. The summed E-state index contributed by atoms with van der Waals surface area (Å²) < 4.78 is 0. The fraction of sp³-hybridized carbons (Fsp3) is 0.304. The molecule has 1 amide bonds. The smallest absolute Gasteiger partial charge is 0.250 e. The Labute approximate surface area is 158 Å². The molecular formula is C23H23N3O. The van der Waals surface area contributed by atoms with E-state index in [-0.39, 0.29) is 11.9 Å². The zero-order valence-corrected chi connectivity index (χ0v) is 15.5. The van der Waals surface area contributed by atoms with Crippen LogP contribution < -0.4 is 0 Å². The molecule has 3 heterocycles. The summed E-state index contributed by atoms with van der Waals surface area (Å²) in [4.78, 5) is 23.7. The van der Waals surface area contributed by atoms with E-state index in [1.54, 1.807) is 0 Å². The van der Waals surface area contributed by atoms with Gasteiger partial charge in [-0.1, -0.05) is 30.3 Å². The normalized spacial score (nSPS) is 19.2. The van der Waals surface area contributed by atoms with E-state index in [1.807, 2.05) is 30.0 Å². The molecule has 0 saturated heterocycles. The van der Waals surface area contributed by atoms with Crippen LogP contribution in [-0.4, -0.2) is 27.3 Å². The van der Waals surface area contributed by atoms with Crippen LogP contribution in [0.5, 0.6) is 0 Å². The van der Waals surface area contributed by atoms with Gasteiger partial charge in [-0.25, -0.2) is 0 Å². The second-order valence-corrected chi connectivity index (χ2v) is 7.54. The molecule has 27 heavy (non-hydrogen) atoms. The fourth-order valence-corrected chi connectivity index (χ4v) is 4.53. The average Bonchev–Trinajstić information content (AvgIpc) is 3.34. The van der Waals surface area contributed by atoms with Crippen molar-refractivity contribution < 1.29 is 4.79 Å². The zero-order valence-electron chi connectivity index (χ0n) is 15.5. The van der Waals surface area contributed by atoms with Crippen molar-refractivity contribution in [1.29, 1.82) is 0 Å². The Morgan fingerprint density at radius 2 is 2.04 bits per heavy atom. The molecule has 0 bridgehead atoms. The Balaban J connectivity index is 1.67. The average molecular weight is 357 g/mol. The third-order valence-corrected chi connectivity index (χ3v) is 5.80. The number of aromatic amines is 1. The highest BCUT2D eigenvalue weighted by atomic mass is 16.2. The van der Waals surface area contributed by atoms with E-state index in [4.69, 9.17) is 4.98 Å². The highest BCUT2D eigenvalue weighted by Gasteiger charge is 2.36. The van der Waals surface area contributed by atoms with Gasteiger partial charge in [0.2, 0.25) is 5.91 Å². The van der Waals surface area contributed by atoms with Crippen molar-refractivity contribution >= 4 is 16.8 Å². The van der Waals surface area contributed by atoms with E-state index in [9.17, 15) is 4.79 Å². The lowest BCUT2D eigenvalue weighted by Crippen LogP contribution is -2.41. The van der Waals surface area contributed by atoms with Crippen LogP contribution in [0.1, 0.15) is 47.9 Å². The third kappa shape index (κ3) is 2.67. The molecule has 2 aliphatic rings.